The maximum atomic E-state index is 10.5. The lowest BCUT2D eigenvalue weighted by atomic mass is 9.45. The second-order valence-corrected chi connectivity index (χ2v) is 9.11. The van der Waals surface area contributed by atoms with Crippen LogP contribution in [-0.4, -0.2) is 11.2 Å². The number of hydrogen-bond donors (Lipinski definition) is 1. The molecule has 0 aromatic heterocycles. The van der Waals surface area contributed by atoms with Gasteiger partial charge in [0.2, 0.25) is 0 Å². The van der Waals surface area contributed by atoms with Crippen molar-refractivity contribution in [2.24, 2.45) is 34.5 Å². The molecule has 0 aromatic carbocycles. The molecule has 1 heteroatoms. The molecule has 0 heterocycles. The van der Waals surface area contributed by atoms with E-state index < -0.39 is 0 Å². The minimum Gasteiger partial charge on any atom is -0.393 e. The Kier molecular flexibility index (Phi) is 3.05. The minimum atomic E-state index is 0.00610. The SMILES string of the molecule is C[C@]12CCC[C@@H]1[C@@H]1CC[C@H]3[C@H](O)CCC[C@@]3(C)[C@H]1CC2. The van der Waals surface area contributed by atoms with Gasteiger partial charge in [-0.15, -0.1) is 0 Å². The van der Waals surface area contributed by atoms with E-state index in [1.54, 1.807) is 0 Å². The second-order valence-electron chi connectivity index (χ2n) is 9.11. The van der Waals surface area contributed by atoms with Gasteiger partial charge in [0, 0.05) is 0 Å². The van der Waals surface area contributed by atoms with Gasteiger partial charge in [0.05, 0.1) is 6.10 Å². The van der Waals surface area contributed by atoms with Crippen LogP contribution in [0, 0.1) is 34.5 Å². The van der Waals surface area contributed by atoms with Gasteiger partial charge >= 0.3 is 0 Å². The molecule has 4 saturated carbocycles. The largest absolute Gasteiger partial charge is 0.393 e. The van der Waals surface area contributed by atoms with Crippen molar-refractivity contribution in [1.29, 1.82) is 0 Å². The summed E-state index contributed by atoms with van der Waals surface area (Å²) in [5.41, 5.74) is 1.14. The van der Waals surface area contributed by atoms with Gasteiger partial charge in [0.15, 0.2) is 0 Å². The highest BCUT2D eigenvalue weighted by Gasteiger charge is 2.58. The van der Waals surface area contributed by atoms with Crippen molar-refractivity contribution >= 4 is 0 Å². The van der Waals surface area contributed by atoms with Crippen LogP contribution >= 0.6 is 0 Å². The normalized spacial score (nSPS) is 58.6. The van der Waals surface area contributed by atoms with E-state index in [4.69, 9.17) is 0 Å². The summed E-state index contributed by atoms with van der Waals surface area (Å²) in [5, 5.41) is 10.5. The molecule has 4 fully saturated rings. The zero-order chi connectivity index (χ0) is 14.0. The van der Waals surface area contributed by atoms with Crippen molar-refractivity contribution in [2.75, 3.05) is 0 Å². The van der Waals surface area contributed by atoms with E-state index in [0.29, 0.717) is 16.7 Å². The van der Waals surface area contributed by atoms with E-state index >= 15 is 0 Å². The molecule has 0 saturated heterocycles. The van der Waals surface area contributed by atoms with Crippen molar-refractivity contribution in [2.45, 2.75) is 84.2 Å². The molecule has 0 spiro atoms. The molecular formula is C19H32O. The number of hydrogen-bond acceptors (Lipinski definition) is 1. The molecule has 0 aliphatic heterocycles. The topological polar surface area (TPSA) is 20.2 Å². The van der Waals surface area contributed by atoms with Gasteiger partial charge in [0.25, 0.3) is 0 Å². The zero-order valence-electron chi connectivity index (χ0n) is 13.4. The molecule has 4 aliphatic rings. The third kappa shape index (κ3) is 1.71. The standard InChI is InChI=1S/C19H32O/c1-18-10-3-5-14(18)13-7-8-16-17(20)6-4-11-19(16,2)15(13)9-12-18/h13-17,20H,3-12H2,1-2H3/t13-,14+,15-,16-,17+,18+,19-/m0/s1. The monoisotopic (exact) mass is 276 g/mol. The van der Waals surface area contributed by atoms with Crippen LogP contribution in [0.1, 0.15) is 78.1 Å². The van der Waals surface area contributed by atoms with Gasteiger partial charge in [-0.1, -0.05) is 26.7 Å². The summed E-state index contributed by atoms with van der Waals surface area (Å²) in [7, 11) is 0. The van der Waals surface area contributed by atoms with Crippen LogP contribution in [-0.2, 0) is 0 Å². The summed E-state index contributed by atoms with van der Waals surface area (Å²) in [6.45, 7) is 5.14. The van der Waals surface area contributed by atoms with Crippen LogP contribution in [0.3, 0.4) is 0 Å². The Morgan fingerprint density at radius 1 is 0.750 bits per heavy atom. The Morgan fingerprint density at radius 2 is 1.55 bits per heavy atom. The first kappa shape index (κ1) is 13.6. The van der Waals surface area contributed by atoms with Gasteiger partial charge in [-0.25, -0.2) is 0 Å². The fourth-order valence-electron chi connectivity index (χ4n) is 7.37. The zero-order valence-corrected chi connectivity index (χ0v) is 13.4. The summed E-state index contributed by atoms with van der Waals surface area (Å²) in [5.74, 6) is 3.54. The summed E-state index contributed by atoms with van der Waals surface area (Å²) in [4.78, 5) is 0. The number of aliphatic hydroxyl groups is 1. The first-order valence-electron chi connectivity index (χ1n) is 9.23. The van der Waals surface area contributed by atoms with E-state index in [2.05, 4.69) is 13.8 Å². The van der Waals surface area contributed by atoms with E-state index in [-0.39, 0.29) is 6.10 Å². The van der Waals surface area contributed by atoms with Crippen LogP contribution < -0.4 is 0 Å². The molecule has 7 atom stereocenters. The quantitative estimate of drug-likeness (QED) is 0.675. The maximum absolute atomic E-state index is 10.5. The second kappa shape index (κ2) is 4.48. The van der Waals surface area contributed by atoms with Crippen molar-refractivity contribution in [3.8, 4) is 0 Å². The fourth-order valence-corrected chi connectivity index (χ4v) is 7.37. The van der Waals surface area contributed by atoms with E-state index in [9.17, 15) is 5.11 Å². The molecule has 0 aromatic rings. The van der Waals surface area contributed by atoms with E-state index in [0.717, 1.165) is 24.2 Å². The Balaban J connectivity index is 1.65. The summed E-state index contributed by atoms with van der Waals surface area (Å²) in [6.07, 6.45) is 13.9. The number of fused-ring (bicyclic) bond motifs is 5. The molecule has 20 heavy (non-hydrogen) atoms. The van der Waals surface area contributed by atoms with Crippen LogP contribution in [0.2, 0.25) is 0 Å². The third-order valence-electron chi connectivity index (χ3n) is 8.40. The third-order valence-corrected chi connectivity index (χ3v) is 8.40. The summed E-state index contributed by atoms with van der Waals surface area (Å²) < 4.78 is 0. The van der Waals surface area contributed by atoms with Crippen LogP contribution in [0.15, 0.2) is 0 Å². The molecule has 0 bridgehead atoms. The van der Waals surface area contributed by atoms with Gasteiger partial charge in [-0.3, -0.25) is 0 Å². The molecule has 0 radical (unpaired) electrons. The van der Waals surface area contributed by atoms with Crippen molar-refractivity contribution in [1.82, 2.24) is 0 Å². The van der Waals surface area contributed by atoms with Gasteiger partial charge in [-0.05, 0) is 85.9 Å². The van der Waals surface area contributed by atoms with E-state index in [1.165, 1.54) is 57.8 Å². The smallest absolute Gasteiger partial charge is 0.0573 e. The molecule has 0 amide bonds. The highest BCUT2D eigenvalue weighted by atomic mass is 16.3. The highest BCUT2D eigenvalue weighted by molar-refractivity contribution is 5.07. The number of aliphatic hydroxyl groups excluding tert-OH is 1. The first-order chi connectivity index (χ1) is 9.55. The maximum Gasteiger partial charge on any atom is 0.0573 e. The number of rotatable bonds is 0. The van der Waals surface area contributed by atoms with E-state index in [1.807, 2.05) is 0 Å². The lowest BCUT2D eigenvalue weighted by molar-refractivity contribution is -0.139. The Labute approximate surface area is 124 Å². The molecule has 4 aliphatic carbocycles. The van der Waals surface area contributed by atoms with Crippen molar-refractivity contribution < 1.29 is 5.11 Å². The highest BCUT2D eigenvalue weighted by Crippen LogP contribution is 2.66. The lowest BCUT2D eigenvalue weighted by Crippen LogP contribution is -2.54. The molecule has 1 N–H and O–H groups in total. The summed E-state index contributed by atoms with van der Waals surface area (Å²) in [6, 6.07) is 0. The van der Waals surface area contributed by atoms with Gasteiger partial charge in [0.1, 0.15) is 0 Å². The fraction of sp³-hybridized carbons (Fsp3) is 1.00. The predicted molar refractivity (Wildman–Crippen MR) is 82.4 cm³/mol. The van der Waals surface area contributed by atoms with Gasteiger partial charge in [-0.2, -0.15) is 0 Å². The predicted octanol–water partition coefficient (Wildman–Crippen LogP) is 4.78. The van der Waals surface area contributed by atoms with Crippen LogP contribution in [0.4, 0.5) is 0 Å². The average Bonchev–Trinajstić information content (AvgIpc) is 2.80. The lowest BCUT2D eigenvalue weighted by Gasteiger charge is -2.60. The molecule has 4 rings (SSSR count). The average molecular weight is 276 g/mol. The first-order valence-corrected chi connectivity index (χ1v) is 9.23. The summed E-state index contributed by atoms with van der Waals surface area (Å²) >= 11 is 0. The van der Waals surface area contributed by atoms with Gasteiger partial charge < -0.3 is 5.11 Å². The Morgan fingerprint density at radius 3 is 2.40 bits per heavy atom. The molecule has 1 nitrogen and oxygen atoms in total. The molecular weight excluding hydrogens is 244 g/mol. The molecule has 114 valence electrons. The Bertz CT molecular complexity index is 391. The van der Waals surface area contributed by atoms with Crippen LogP contribution in [0.5, 0.6) is 0 Å². The van der Waals surface area contributed by atoms with Crippen molar-refractivity contribution in [3.05, 3.63) is 0 Å². The minimum absolute atomic E-state index is 0.00610. The van der Waals surface area contributed by atoms with Crippen molar-refractivity contribution in [3.63, 3.8) is 0 Å². The molecule has 0 unspecified atom stereocenters. The van der Waals surface area contributed by atoms with Crippen LogP contribution in [0.25, 0.3) is 0 Å². The Hall–Kier alpha value is -0.0400.